The van der Waals surface area contributed by atoms with Crippen LogP contribution in [-0.4, -0.2) is 40.5 Å². The zero-order valence-electron chi connectivity index (χ0n) is 10.4. The number of nitrogens with one attached hydrogen (secondary N) is 1. The standard InChI is InChI=1S/C13H14N4O2/c1-17-9(6-15-13(17)14)10-7-4-2-3-5-8(7)16-11(10)12(18)19/h2-5,9,16H,6H2,1H3,(H2,14,15)(H,18,19)/t9-/m0/s1. The van der Waals surface area contributed by atoms with Crippen LogP contribution in [0.4, 0.5) is 0 Å². The summed E-state index contributed by atoms with van der Waals surface area (Å²) in [5.41, 5.74) is 7.53. The average molecular weight is 258 g/mol. The van der Waals surface area contributed by atoms with Crippen molar-refractivity contribution in [1.29, 1.82) is 0 Å². The zero-order chi connectivity index (χ0) is 13.6. The summed E-state index contributed by atoms with van der Waals surface area (Å²) in [5, 5.41) is 10.3. The lowest BCUT2D eigenvalue weighted by Crippen LogP contribution is -2.32. The second kappa shape index (κ2) is 4.01. The molecule has 3 rings (SSSR count). The van der Waals surface area contributed by atoms with Gasteiger partial charge in [0.2, 0.25) is 0 Å². The Kier molecular flexibility index (Phi) is 2.45. The summed E-state index contributed by atoms with van der Waals surface area (Å²) < 4.78 is 0. The molecular formula is C13H14N4O2. The molecule has 0 spiro atoms. The number of likely N-dealkylation sites (N-methyl/N-ethyl adjacent to an activating group) is 1. The molecular weight excluding hydrogens is 244 g/mol. The average Bonchev–Trinajstić information content (AvgIpc) is 2.92. The van der Waals surface area contributed by atoms with E-state index in [1.54, 1.807) is 0 Å². The van der Waals surface area contributed by atoms with Gasteiger partial charge in [-0.25, -0.2) is 4.79 Å². The predicted octanol–water partition coefficient (Wildman–Crippen LogP) is 1.17. The molecule has 1 aliphatic rings. The topological polar surface area (TPSA) is 94.7 Å². The maximum Gasteiger partial charge on any atom is 0.352 e. The third kappa shape index (κ3) is 1.64. The third-order valence-corrected chi connectivity index (χ3v) is 3.55. The van der Waals surface area contributed by atoms with E-state index in [4.69, 9.17) is 5.73 Å². The van der Waals surface area contributed by atoms with Crippen LogP contribution in [0, 0.1) is 0 Å². The Bertz CT molecular complexity index is 689. The summed E-state index contributed by atoms with van der Waals surface area (Å²) in [4.78, 5) is 20.4. The molecule has 0 radical (unpaired) electrons. The highest BCUT2D eigenvalue weighted by molar-refractivity contribution is 5.98. The van der Waals surface area contributed by atoms with Crippen LogP contribution in [0.5, 0.6) is 0 Å². The van der Waals surface area contributed by atoms with Crippen LogP contribution in [0.25, 0.3) is 10.9 Å². The van der Waals surface area contributed by atoms with Crippen molar-refractivity contribution >= 4 is 22.8 Å². The van der Waals surface area contributed by atoms with Crippen LogP contribution in [0.1, 0.15) is 22.1 Å². The number of H-pyrrole nitrogens is 1. The van der Waals surface area contributed by atoms with Crippen molar-refractivity contribution in [3.05, 3.63) is 35.5 Å². The first-order chi connectivity index (χ1) is 9.09. The van der Waals surface area contributed by atoms with Gasteiger partial charge in [0.1, 0.15) is 5.69 Å². The fraction of sp³-hybridized carbons (Fsp3) is 0.231. The Balaban J connectivity index is 2.21. The number of nitrogens with two attached hydrogens (primary N) is 1. The molecule has 98 valence electrons. The van der Waals surface area contributed by atoms with Gasteiger partial charge >= 0.3 is 5.97 Å². The SMILES string of the molecule is CN1C(N)=NC[C@H]1c1c(C(=O)O)[nH]c2ccccc12. The van der Waals surface area contributed by atoms with Crippen molar-refractivity contribution in [2.24, 2.45) is 10.7 Å². The maximum absolute atomic E-state index is 11.4. The minimum absolute atomic E-state index is 0.137. The number of aromatic amines is 1. The summed E-state index contributed by atoms with van der Waals surface area (Å²) in [6.07, 6.45) is 0. The third-order valence-electron chi connectivity index (χ3n) is 3.55. The summed E-state index contributed by atoms with van der Waals surface area (Å²) in [5.74, 6) is -0.531. The zero-order valence-corrected chi connectivity index (χ0v) is 10.4. The largest absolute Gasteiger partial charge is 0.477 e. The van der Waals surface area contributed by atoms with E-state index in [1.807, 2.05) is 36.2 Å². The van der Waals surface area contributed by atoms with Crippen molar-refractivity contribution in [3.8, 4) is 0 Å². The Labute approximate surface area is 109 Å². The number of carboxylic acid groups (broad SMARTS) is 1. The normalized spacial score (nSPS) is 18.9. The highest BCUT2D eigenvalue weighted by Crippen LogP contribution is 2.33. The van der Waals surface area contributed by atoms with Crippen molar-refractivity contribution in [3.63, 3.8) is 0 Å². The van der Waals surface area contributed by atoms with Crippen LogP contribution in [-0.2, 0) is 0 Å². The van der Waals surface area contributed by atoms with Crippen LogP contribution in [0.15, 0.2) is 29.3 Å². The number of carbonyl (C=O) groups is 1. The van der Waals surface area contributed by atoms with Gasteiger partial charge < -0.3 is 20.7 Å². The number of fused-ring (bicyclic) bond motifs is 1. The molecule has 6 heteroatoms. The van der Waals surface area contributed by atoms with Crippen LogP contribution in [0.3, 0.4) is 0 Å². The second-order valence-electron chi connectivity index (χ2n) is 4.59. The van der Waals surface area contributed by atoms with Crippen LogP contribution in [0.2, 0.25) is 0 Å². The summed E-state index contributed by atoms with van der Waals surface area (Å²) in [6, 6.07) is 7.41. The molecule has 19 heavy (non-hydrogen) atoms. The molecule has 1 atom stereocenters. The summed E-state index contributed by atoms with van der Waals surface area (Å²) in [7, 11) is 1.82. The number of aliphatic imine (C=N–C) groups is 1. The van der Waals surface area contributed by atoms with E-state index in [0.29, 0.717) is 12.5 Å². The van der Waals surface area contributed by atoms with Crippen molar-refractivity contribution in [2.75, 3.05) is 13.6 Å². The van der Waals surface area contributed by atoms with E-state index in [2.05, 4.69) is 9.98 Å². The number of para-hydroxylation sites is 1. The lowest BCUT2D eigenvalue weighted by atomic mass is 10.0. The fourth-order valence-electron chi connectivity index (χ4n) is 2.54. The molecule has 0 fully saturated rings. The molecule has 4 N–H and O–H groups in total. The quantitative estimate of drug-likeness (QED) is 0.753. The number of rotatable bonds is 2. The molecule has 1 aliphatic heterocycles. The molecule has 1 aromatic carbocycles. The van der Waals surface area contributed by atoms with Gasteiger partial charge in [-0.3, -0.25) is 4.99 Å². The Hall–Kier alpha value is -2.50. The number of nitrogens with zero attached hydrogens (tertiary/aromatic N) is 2. The predicted molar refractivity (Wildman–Crippen MR) is 72.3 cm³/mol. The van der Waals surface area contributed by atoms with E-state index in [1.165, 1.54) is 0 Å². The van der Waals surface area contributed by atoms with Crippen molar-refractivity contribution < 1.29 is 9.90 Å². The van der Waals surface area contributed by atoms with E-state index in [9.17, 15) is 9.90 Å². The number of benzene rings is 1. The van der Waals surface area contributed by atoms with Crippen molar-refractivity contribution in [1.82, 2.24) is 9.88 Å². The number of hydrogen-bond donors (Lipinski definition) is 3. The van der Waals surface area contributed by atoms with E-state index < -0.39 is 5.97 Å². The Morgan fingerprint density at radius 2 is 2.26 bits per heavy atom. The van der Waals surface area contributed by atoms with Gasteiger partial charge in [-0.1, -0.05) is 18.2 Å². The summed E-state index contributed by atoms with van der Waals surface area (Å²) in [6.45, 7) is 0.477. The first-order valence-electron chi connectivity index (χ1n) is 5.96. The van der Waals surface area contributed by atoms with Gasteiger partial charge in [-0.05, 0) is 6.07 Å². The van der Waals surface area contributed by atoms with E-state index in [-0.39, 0.29) is 11.7 Å². The maximum atomic E-state index is 11.4. The molecule has 1 aromatic heterocycles. The van der Waals surface area contributed by atoms with Gasteiger partial charge in [0.25, 0.3) is 0 Å². The van der Waals surface area contributed by atoms with E-state index >= 15 is 0 Å². The Morgan fingerprint density at radius 3 is 2.89 bits per heavy atom. The number of aromatic nitrogens is 1. The molecule has 0 amide bonds. The molecule has 0 unspecified atom stereocenters. The van der Waals surface area contributed by atoms with Crippen LogP contribution < -0.4 is 5.73 Å². The number of aromatic carboxylic acids is 1. The molecule has 0 bridgehead atoms. The minimum atomic E-state index is -0.968. The van der Waals surface area contributed by atoms with Crippen LogP contribution >= 0.6 is 0 Å². The van der Waals surface area contributed by atoms with E-state index in [0.717, 1.165) is 16.5 Å². The molecule has 6 nitrogen and oxygen atoms in total. The number of hydrogen-bond acceptors (Lipinski definition) is 4. The molecule has 2 aromatic rings. The van der Waals surface area contributed by atoms with Gasteiger partial charge in [-0.2, -0.15) is 0 Å². The first-order valence-corrected chi connectivity index (χ1v) is 5.96. The molecule has 0 saturated carbocycles. The monoisotopic (exact) mass is 258 g/mol. The lowest BCUT2D eigenvalue weighted by Gasteiger charge is -2.21. The second-order valence-corrected chi connectivity index (χ2v) is 4.59. The number of guanidine groups is 1. The minimum Gasteiger partial charge on any atom is -0.477 e. The number of carboxylic acids is 1. The van der Waals surface area contributed by atoms with Crippen molar-refractivity contribution in [2.45, 2.75) is 6.04 Å². The molecule has 0 saturated heterocycles. The van der Waals surface area contributed by atoms with Gasteiger partial charge in [0.05, 0.1) is 12.6 Å². The smallest absolute Gasteiger partial charge is 0.352 e. The Morgan fingerprint density at radius 1 is 1.53 bits per heavy atom. The fourth-order valence-corrected chi connectivity index (χ4v) is 2.54. The highest BCUT2D eigenvalue weighted by Gasteiger charge is 2.31. The summed E-state index contributed by atoms with van der Waals surface area (Å²) >= 11 is 0. The van der Waals surface area contributed by atoms with Gasteiger partial charge in [-0.15, -0.1) is 0 Å². The lowest BCUT2D eigenvalue weighted by molar-refractivity contribution is 0.0689. The molecule has 0 aliphatic carbocycles. The van der Waals surface area contributed by atoms with Gasteiger partial charge in [0, 0.05) is 23.5 Å². The molecule has 2 heterocycles. The van der Waals surface area contributed by atoms with Gasteiger partial charge in [0.15, 0.2) is 5.96 Å². The highest BCUT2D eigenvalue weighted by atomic mass is 16.4. The first kappa shape index (κ1) is 11.6.